The lowest BCUT2D eigenvalue weighted by molar-refractivity contribution is 0.567. The smallest absolute Gasteiger partial charge is 0.200 e. The summed E-state index contributed by atoms with van der Waals surface area (Å²) in [6.07, 6.45) is 1.65. The van der Waals surface area contributed by atoms with Crippen molar-refractivity contribution >= 4 is 44.8 Å². The predicted octanol–water partition coefficient (Wildman–Crippen LogP) is 5.72. The van der Waals surface area contributed by atoms with Gasteiger partial charge in [0.05, 0.1) is 11.3 Å². The van der Waals surface area contributed by atoms with E-state index in [4.69, 9.17) is 16.0 Å². The number of aromatic nitrogens is 3. The Balaban J connectivity index is 1.60. The zero-order valence-electron chi connectivity index (χ0n) is 12.9. The summed E-state index contributed by atoms with van der Waals surface area (Å²) in [7, 11) is 0. The molecule has 0 aliphatic heterocycles. The van der Waals surface area contributed by atoms with Crippen LogP contribution in [0.4, 0.5) is 0 Å². The monoisotopic (exact) mass is 375 g/mol. The standard InChI is InChI=1S/C17H14ClN3OS2/c1-2-21-16(12-7-5-9-22-12)19-20-17(21)23-10-14-15(18)11-6-3-4-8-13(11)24-14/h3-9H,2,10H2,1H3. The minimum Gasteiger partial charge on any atom is -0.461 e. The van der Waals surface area contributed by atoms with Crippen molar-refractivity contribution in [1.82, 2.24) is 14.8 Å². The first-order valence-corrected chi connectivity index (χ1v) is 9.71. The van der Waals surface area contributed by atoms with E-state index in [2.05, 4.69) is 33.8 Å². The average molecular weight is 376 g/mol. The fourth-order valence-corrected chi connectivity index (χ4v) is 5.22. The number of hydrogen-bond acceptors (Lipinski definition) is 5. The van der Waals surface area contributed by atoms with E-state index < -0.39 is 0 Å². The van der Waals surface area contributed by atoms with Crippen molar-refractivity contribution < 1.29 is 4.42 Å². The molecule has 0 fully saturated rings. The molecule has 0 saturated carbocycles. The number of fused-ring (bicyclic) bond motifs is 1. The second-order valence-corrected chi connectivity index (χ2v) is 7.61. The Morgan fingerprint density at radius 2 is 2.08 bits per heavy atom. The van der Waals surface area contributed by atoms with Crippen LogP contribution in [0.15, 0.2) is 52.2 Å². The number of thioether (sulfide) groups is 1. The third-order valence-electron chi connectivity index (χ3n) is 3.71. The lowest BCUT2D eigenvalue weighted by Gasteiger charge is -2.05. The van der Waals surface area contributed by atoms with Gasteiger partial charge in [0.25, 0.3) is 0 Å². The van der Waals surface area contributed by atoms with Crippen molar-refractivity contribution in [3.8, 4) is 11.6 Å². The van der Waals surface area contributed by atoms with E-state index in [1.54, 1.807) is 29.4 Å². The van der Waals surface area contributed by atoms with Crippen LogP contribution in [-0.4, -0.2) is 14.8 Å². The highest BCUT2D eigenvalue weighted by atomic mass is 35.5. The van der Waals surface area contributed by atoms with Crippen LogP contribution in [0.3, 0.4) is 0 Å². The van der Waals surface area contributed by atoms with E-state index in [1.807, 2.05) is 24.3 Å². The van der Waals surface area contributed by atoms with Crippen LogP contribution in [0, 0.1) is 0 Å². The summed E-state index contributed by atoms with van der Waals surface area (Å²) < 4.78 is 8.72. The van der Waals surface area contributed by atoms with Gasteiger partial charge in [-0.15, -0.1) is 21.5 Å². The summed E-state index contributed by atoms with van der Waals surface area (Å²) in [5.74, 6) is 2.26. The summed E-state index contributed by atoms with van der Waals surface area (Å²) in [4.78, 5) is 1.16. The van der Waals surface area contributed by atoms with Gasteiger partial charge in [0.2, 0.25) is 0 Å². The minimum atomic E-state index is 0.732. The third kappa shape index (κ3) is 2.75. The highest BCUT2D eigenvalue weighted by Gasteiger charge is 2.17. The van der Waals surface area contributed by atoms with Crippen molar-refractivity contribution in [2.45, 2.75) is 24.4 Å². The zero-order chi connectivity index (χ0) is 16.5. The third-order valence-corrected chi connectivity index (χ3v) is 6.60. The van der Waals surface area contributed by atoms with Crippen LogP contribution in [0.25, 0.3) is 21.7 Å². The molecule has 0 bridgehead atoms. The second kappa shape index (κ2) is 6.63. The highest BCUT2D eigenvalue weighted by molar-refractivity contribution is 7.98. The number of furan rings is 1. The van der Waals surface area contributed by atoms with Crippen LogP contribution in [0.2, 0.25) is 5.02 Å². The molecule has 0 radical (unpaired) electrons. The molecule has 0 atom stereocenters. The summed E-state index contributed by atoms with van der Waals surface area (Å²) in [5.41, 5.74) is 0. The molecule has 7 heteroatoms. The molecule has 0 aliphatic carbocycles. The fourth-order valence-electron chi connectivity index (χ4n) is 2.56. The number of benzene rings is 1. The molecular weight excluding hydrogens is 362 g/mol. The molecular formula is C17H14ClN3OS2. The number of thiophene rings is 1. The van der Waals surface area contributed by atoms with Gasteiger partial charge in [-0.2, -0.15) is 0 Å². The molecule has 3 aromatic heterocycles. The van der Waals surface area contributed by atoms with Gasteiger partial charge >= 0.3 is 0 Å². The quantitative estimate of drug-likeness (QED) is 0.418. The molecule has 3 heterocycles. The molecule has 4 rings (SSSR count). The predicted molar refractivity (Wildman–Crippen MR) is 99.8 cm³/mol. The van der Waals surface area contributed by atoms with Crippen molar-refractivity contribution in [3.63, 3.8) is 0 Å². The van der Waals surface area contributed by atoms with Gasteiger partial charge in [-0.3, -0.25) is 4.57 Å². The lowest BCUT2D eigenvalue weighted by atomic mass is 10.2. The maximum Gasteiger partial charge on any atom is 0.200 e. The summed E-state index contributed by atoms with van der Waals surface area (Å²) >= 11 is 9.90. The first kappa shape index (κ1) is 15.7. The van der Waals surface area contributed by atoms with Gasteiger partial charge in [-0.1, -0.05) is 41.6 Å². The van der Waals surface area contributed by atoms with Crippen LogP contribution in [-0.2, 0) is 12.3 Å². The second-order valence-electron chi connectivity index (χ2n) is 5.15. The van der Waals surface area contributed by atoms with Crippen molar-refractivity contribution in [2.75, 3.05) is 0 Å². The largest absolute Gasteiger partial charge is 0.461 e. The van der Waals surface area contributed by atoms with Crippen LogP contribution >= 0.6 is 34.7 Å². The minimum absolute atomic E-state index is 0.732. The molecule has 4 nitrogen and oxygen atoms in total. The Labute approximate surface area is 152 Å². The normalized spacial score (nSPS) is 11.4. The van der Waals surface area contributed by atoms with Gasteiger partial charge in [0.1, 0.15) is 0 Å². The molecule has 0 spiro atoms. The Morgan fingerprint density at radius 1 is 1.21 bits per heavy atom. The maximum absolute atomic E-state index is 6.52. The first-order chi connectivity index (χ1) is 11.8. The van der Waals surface area contributed by atoms with Gasteiger partial charge in [-0.25, -0.2) is 0 Å². The van der Waals surface area contributed by atoms with E-state index in [9.17, 15) is 0 Å². The topological polar surface area (TPSA) is 43.9 Å². The Bertz CT molecular complexity index is 975. The summed E-state index contributed by atoms with van der Waals surface area (Å²) in [5, 5.41) is 11.4. The van der Waals surface area contributed by atoms with Gasteiger partial charge in [-0.05, 0) is 25.1 Å². The maximum atomic E-state index is 6.52. The average Bonchev–Trinajstić information content (AvgIpc) is 3.32. The van der Waals surface area contributed by atoms with E-state index in [0.717, 1.165) is 44.3 Å². The molecule has 1 aromatic carbocycles. The highest BCUT2D eigenvalue weighted by Crippen LogP contribution is 2.38. The molecule has 4 aromatic rings. The first-order valence-electron chi connectivity index (χ1n) is 7.53. The number of nitrogens with zero attached hydrogens (tertiary/aromatic N) is 3. The number of halogens is 1. The Morgan fingerprint density at radius 3 is 2.83 bits per heavy atom. The molecule has 0 aliphatic rings. The van der Waals surface area contributed by atoms with Crippen LogP contribution in [0.1, 0.15) is 11.8 Å². The molecule has 24 heavy (non-hydrogen) atoms. The van der Waals surface area contributed by atoms with E-state index in [-0.39, 0.29) is 0 Å². The molecule has 0 amide bonds. The van der Waals surface area contributed by atoms with Gasteiger partial charge in [0, 0.05) is 27.3 Å². The zero-order valence-corrected chi connectivity index (χ0v) is 15.3. The molecule has 0 unspecified atom stereocenters. The summed E-state index contributed by atoms with van der Waals surface area (Å²) in [6.45, 7) is 2.86. The lowest BCUT2D eigenvalue weighted by Crippen LogP contribution is -1.99. The number of hydrogen-bond donors (Lipinski definition) is 0. The van der Waals surface area contributed by atoms with E-state index in [1.165, 1.54) is 4.70 Å². The SMILES string of the molecule is CCn1c(SCc2sc3ccccc3c2Cl)nnc1-c1ccco1. The van der Waals surface area contributed by atoms with Crippen molar-refractivity contribution in [3.05, 3.63) is 52.6 Å². The van der Waals surface area contributed by atoms with Gasteiger partial charge in [0.15, 0.2) is 16.7 Å². The Hall–Kier alpha value is -1.76. The molecule has 0 N–H and O–H groups in total. The van der Waals surface area contributed by atoms with Crippen molar-refractivity contribution in [2.24, 2.45) is 0 Å². The van der Waals surface area contributed by atoms with Crippen molar-refractivity contribution in [1.29, 1.82) is 0 Å². The van der Waals surface area contributed by atoms with E-state index >= 15 is 0 Å². The Kier molecular flexibility index (Phi) is 4.35. The van der Waals surface area contributed by atoms with Crippen LogP contribution in [0.5, 0.6) is 0 Å². The van der Waals surface area contributed by atoms with E-state index in [0.29, 0.717) is 0 Å². The molecule has 122 valence electrons. The fraction of sp³-hybridized carbons (Fsp3) is 0.176. The van der Waals surface area contributed by atoms with Crippen LogP contribution < -0.4 is 0 Å². The van der Waals surface area contributed by atoms with Gasteiger partial charge < -0.3 is 4.42 Å². The summed E-state index contributed by atoms with van der Waals surface area (Å²) in [6, 6.07) is 12.0. The molecule has 0 saturated heterocycles. The number of rotatable bonds is 5.